The van der Waals surface area contributed by atoms with Crippen molar-refractivity contribution in [1.29, 1.82) is 5.26 Å². The summed E-state index contributed by atoms with van der Waals surface area (Å²) in [6.45, 7) is 6.13. The summed E-state index contributed by atoms with van der Waals surface area (Å²) in [4.78, 5) is 4.23. The van der Waals surface area contributed by atoms with Crippen molar-refractivity contribution in [3.05, 3.63) is 18.2 Å². The first-order chi connectivity index (χ1) is 8.04. The van der Waals surface area contributed by atoms with Crippen molar-refractivity contribution in [1.82, 2.24) is 14.9 Å². The fourth-order valence-corrected chi connectivity index (χ4v) is 2.36. The molecule has 0 spiro atoms. The maximum absolute atomic E-state index is 9.34. The lowest BCUT2D eigenvalue weighted by atomic mass is 9.95. The number of nitrogens with one attached hydrogen (secondary N) is 1. The van der Waals surface area contributed by atoms with Crippen molar-refractivity contribution in [2.45, 2.75) is 57.7 Å². The standard InChI is InChI=1S/C13H20N4/c1-10(17-7-6-15-11(17)2)8-13(3,9-14)16-12-4-5-12/h6-7,10,12,16H,4-5,8H2,1-3H3. The summed E-state index contributed by atoms with van der Waals surface area (Å²) in [5.74, 6) is 1.00. The number of hydrogen-bond acceptors (Lipinski definition) is 3. The van der Waals surface area contributed by atoms with E-state index in [1.54, 1.807) is 0 Å². The zero-order valence-corrected chi connectivity index (χ0v) is 10.8. The van der Waals surface area contributed by atoms with Gasteiger partial charge in [0.1, 0.15) is 11.4 Å². The molecule has 1 aromatic heterocycles. The van der Waals surface area contributed by atoms with E-state index in [0.717, 1.165) is 12.2 Å². The lowest BCUT2D eigenvalue weighted by Gasteiger charge is -2.27. The van der Waals surface area contributed by atoms with Gasteiger partial charge in [-0.2, -0.15) is 5.26 Å². The zero-order valence-electron chi connectivity index (χ0n) is 10.8. The van der Waals surface area contributed by atoms with Gasteiger partial charge in [-0.1, -0.05) is 0 Å². The van der Waals surface area contributed by atoms with Crippen LogP contribution < -0.4 is 5.32 Å². The molecular weight excluding hydrogens is 212 g/mol. The number of nitrogens with zero attached hydrogens (tertiary/aromatic N) is 3. The van der Waals surface area contributed by atoms with Gasteiger partial charge >= 0.3 is 0 Å². The van der Waals surface area contributed by atoms with Gasteiger partial charge in [0.2, 0.25) is 0 Å². The van der Waals surface area contributed by atoms with Crippen LogP contribution in [0.3, 0.4) is 0 Å². The Balaban J connectivity index is 2.03. The van der Waals surface area contributed by atoms with Crippen molar-refractivity contribution in [2.75, 3.05) is 0 Å². The number of imidazole rings is 1. The van der Waals surface area contributed by atoms with Gasteiger partial charge in [-0.05, 0) is 40.0 Å². The highest BCUT2D eigenvalue weighted by Crippen LogP contribution is 2.27. The molecule has 1 heterocycles. The molecule has 1 saturated carbocycles. The molecule has 4 heteroatoms. The minimum Gasteiger partial charge on any atom is -0.332 e. The lowest BCUT2D eigenvalue weighted by Crippen LogP contribution is -2.43. The maximum atomic E-state index is 9.34. The highest BCUT2D eigenvalue weighted by Gasteiger charge is 2.34. The molecule has 0 aromatic carbocycles. The van der Waals surface area contributed by atoms with Crippen LogP contribution in [0.1, 0.15) is 45.0 Å². The molecule has 2 rings (SSSR count). The number of hydrogen-bond donors (Lipinski definition) is 1. The van der Waals surface area contributed by atoms with E-state index >= 15 is 0 Å². The second-order valence-electron chi connectivity index (χ2n) is 5.30. The van der Waals surface area contributed by atoms with E-state index in [4.69, 9.17) is 0 Å². The summed E-state index contributed by atoms with van der Waals surface area (Å²) in [6, 6.07) is 3.25. The molecule has 0 radical (unpaired) electrons. The van der Waals surface area contributed by atoms with Crippen LogP contribution in [0.25, 0.3) is 0 Å². The van der Waals surface area contributed by atoms with Crippen LogP contribution >= 0.6 is 0 Å². The van der Waals surface area contributed by atoms with E-state index in [0.29, 0.717) is 6.04 Å². The maximum Gasteiger partial charge on any atom is 0.106 e. The highest BCUT2D eigenvalue weighted by atomic mass is 15.1. The third-order valence-electron chi connectivity index (χ3n) is 3.39. The van der Waals surface area contributed by atoms with Gasteiger partial charge in [0.05, 0.1) is 6.07 Å². The smallest absolute Gasteiger partial charge is 0.106 e. The minimum absolute atomic E-state index is 0.286. The normalized spacial score (nSPS) is 20.6. The topological polar surface area (TPSA) is 53.6 Å². The highest BCUT2D eigenvalue weighted by molar-refractivity contribution is 5.09. The number of aromatic nitrogens is 2. The van der Waals surface area contributed by atoms with Crippen molar-refractivity contribution in [2.24, 2.45) is 0 Å². The summed E-state index contributed by atoms with van der Waals surface area (Å²) in [5.41, 5.74) is -0.433. The summed E-state index contributed by atoms with van der Waals surface area (Å²) < 4.78 is 2.13. The Hall–Kier alpha value is -1.34. The van der Waals surface area contributed by atoms with Crippen LogP contribution in [0.15, 0.2) is 12.4 Å². The summed E-state index contributed by atoms with van der Waals surface area (Å²) in [6.07, 6.45) is 7.00. The quantitative estimate of drug-likeness (QED) is 0.846. The predicted octanol–water partition coefficient (Wildman–Crippen LogP) is 2.18. The molecule has 2 atom stereocenters. The van der Waals surface area contributed by atoms with Gasteiger partial charge in [0.25, 0.3) is 0 Å². The average Bonchev–Trinajstić information content (AvgIpc) is 2.97. The van der Waals surface area contributed by atoms with Crippen LogP contribution in [0, 0.1) is 18.3 Å². The van der Waals surface area contributed by atoms with Crippen LogP contribution in [0.5, 0.6) is 0 Å². The molecule has 1 fully saturated rings. The predicted molar refractivity (Wildman–Crippen MR) is 66.5 cm³/mol. The Kier molecular flexibility index (Phi) is 3.21. The molecule has 0 bridgehead atoms. The van der Waals surface area contributed by atoms with E-state index in [1.807, 2.05) is 26.2 Å². The fraction of sp³-hybridized carbons (Fsp3) is 0.692. The first-order valence-electron chi connectivity index (χ1n) is 6.22. The molecule has 0 saturated heterocycles. The molecule has 1 aliphatic rings. The van der Waals surface area contributed by atoms with Crippen LogP contribution in [-0.4, -0.2) is 21.1 Å². The molecule has 0 aliphatic heterocycles. The third kappa shape index (κ3) is 2.86. The largest absolute Gasteiger partial charge is 0.332 e. The monoisotopic (exact) mass is 232 g/mol. The second kappa shape index (κ2) is 4.50. The van der Waals surface area contributed by atoms with Gasteiger partial charge in [0.15, 0.2) is 0 Å². The fourth-order valence-electron chi connectivity index (χ4n) is 2.36. The lowest BCUT2D eigenvalue weighted by molar-refractivity contribution is 0.342. The summed E-state index contributed by atoms with van der Waals surface area (Å²) in [5, 5.41) is 12.8. The van der Waals surface area contributed by atoms with Crippen LogP contribution in [-0.2, 0) is 0 Å². The molecule has 1 aliphatic carbocycles. The molecule has 17 heavy (non-hydrogen) atoms. The van der Waals surface area contributed by atoms with E-state index in [-0.39, 0.29) is 6.04 Å². The third-order valence-corrected chi connectivity index (χ3v) is 3.39. The SMILES string of the molecule is Cc1nccn1C(C)CC(C)(C#N)NC1CC1. The molecule has 1 aromatic rings. The first kappa shape index (κ1) is 12.1. The Morgan fingerprint density at radius 1 is 1.71 bits per heavy atom. The van der Waals surface area contributed by atoms with Crippen molar-refractivity contribution >= 4 is 0 Å². The van der Waals surface area contributed by atoms with Crippen LogP contribution in [0.4, 0.5) is 0 Å². The Bertz CT molecular complexity index is 427. The van der Waals surface area contributed by atoms with Crippen molar-refractivity contribution in [3.63, 3.8) is 0 Å². The molecule has 4 nitrogen and oxygen atoms in total. The van der Waals surface area contributed by atoms with Gasteiger partial charge in [-0.25, -0.2) is 4.98 Å². The van der Waals surface area contributed by atoms with E-state index in [2.05, 4.69) is 27.9 Å². The molecule has 92 valence electrons. The van der Waals surface area contributed by atoms with Gasteiger partial charge in [-0.3, -0.25) is 5.32 Å². The summed E-state index contributed by atoms with van der Waals surface area (Å²) >= 11 is 0. The number of aryl methyl sites for hydroxylation is 1. The Morgan fingerprint density at radius 3 is 2.88 bits per heavy atom. The van der Waals surface area contributed by atoms with E-state index in [9.17, 15) is 5.26 Å². The number of rotatable bonds is 5. The first-order valence-corrected chi connectivity index (χ1v) is 6.22. The van der Waals surface area contributed by atoms with E-state index in [1.165, 1.54) is 12.8 Å². The van der Waals surface area contributed by atoms with Crippen LogP contribution in [0.2, 0.25) is 0 Å². The van der Waals surface area contributed by atoms with Gasteiger partial charge in [0, 0.05) is 24.5 Å². The van der Waals surface area contributed by atoms with Crippen molar-refractivity contribution < 1.29 is 0 Å². The molecule has 0 amide bonds. The van der Waals surface area contributed by atoms with Gasteiger partial charge in [-0.15, -0.1) is 0 Å². The second-order valence-corrected chi connectivity index (χ2v) is 5.30. The molecule has 2 unspecified atom stereocenters. The Labute approximate surface area is 103 Å². The average molecular weight is 232 g/mol. The van der Waals surface area contributed by atoms with Crippen molar-refractivity contribution in [3.8, 4) is 6.07 Å². The summed E-state index contributed by atoms with van der Waals surface area (Å²) in [7, 11) is 0. The number of nitriles is 1. The molecule has 1 N–H and O–H groups in total. The van der Waals surface area contributed by atoms with E-state index < -0.39 is 5.54 Å². The minimum atomic E-state index is -0.433. The Morgan fingerprint density at radius 2 is 2.41 bits per heavy atom. The zero-order chi connectivity index (χ0) is 12.5. The van der Waals surface area contributed by atoms with Gasteiger partial charge < -0.3 is 4.57 Å². The molecular formula is C13H20N4.